The Hall–Kier alpha value is -3.08. The molecule has 0 spiro atoms. The van der Waals surface area contributed by atoms with Crippen LogP contribution in [0.15, 0.2) is 42.5 Å². The van der Waals surface area contributed by atoms with Gasteiger partial charge >= 0.3 is 5.97 Å². The van der Waals surface area contributed by atoms with Crippen molar-refractivity contribution in [1.82, 2.24) is 0 Å². The molecule has 0 radical (unpaired) electrons. The van der Waals surface area contributed by atoms with Crippen molar-refractivity contribution in [2.24, 2.45) is 0 Å². The maximum atomic E-state index is 13.0. The molecule has 0 fully saturated rings. The lowest BCUT2D eigenvalue weighted by molar-refractivity contribution is 0.0692. The van der Waals surface area contributed by atoms with Crippen molar-refractivity contribution in [2.45, 2.75) is 33.2 Å². The summed E-state index contributed by atoms with van der Waals surface area (Å²) in [6.45, 7) is 8.96. The number of carboxylic acids is 1. The molecule has 3 rings (SSSR count). The van der Waals surface area contributed by atoms with Gasteiger partial charge in [-0.25, -0.2) is 4.79 Å². The van der Waals surface area contributed by atoms with Gasteiger partial charge in [0, 0.05) is 29.4 Å². The molecule has 0 unspecified atom stereocenters. The summed E-state index contributed by atoms with van der Waals surface area (Å²) in [5.41, 5.74) is 2.62. The van der Waals surface area contributed by atoms with Gasteiger partial charge in [0.2, 0.25) is 0 Å². The third-order valence-electron chi connectivity index (χ3n) is 5.06. The third-order valence-corrected chi connectivity index (χ3v) is 5.06. The monoisotopic (exact) mass is 365 g/mol. The van der Waals surface area contributed by atoms with E-state index in [1.807, 2.05) is 13.8 Å². The minimum absolute atomic E-state index is 0.0605. The van der Waals surface area contributed by atoms with Crippen LogP contribution in [0.3, 0.4) is 0 Å². The maximum Gasteiger partial charge on any atom is 0.336 e. The van der Waals surface area contributed by atoms with Crippen molar-refractivity contribution in [3.63, 3.8) is 0 Å². The number of carbonyl (C=O) groups excluding carboxylic acids is 1. The van der Waals surface area contributed by atoms with Crippen LogP contribution in [-0.2, 0) is 0 Å². The summed E-state index contributed by atoms with van der Waals surface area (Å²) in [5, 5.41) is 19.9. The van der Waals surface area contributed by atoms with Gasteiger partial charge in [-0.3, -0.25) is 4.79 Å². The van der Waals surface area contributed by atoms with Crippen LogP contribution in [-0.4, -0.2) is 34.0 Å². The molecule has 5 nitrogen and oxygen atoms in total. The zero-order valence-electron chi connectivity index (χ0n) is 15.9. The number of hydrogen-bond acceptors (Lipinski definition) is 4. The van der Waals surface area contributed by atoms with E-state index < -0.39 is 11.8 Å². The van der Waals surface area contributed by atoms with E-state index in [0.29, 0.717) is 0 Å². The van der Waals surface area contributed by atoms with Gasteiger partial charge in [0.15, 0.2) is 5.78 Å². The van der Waals surface area contributed by atoms with E-state index in [2.05, 4.69) is 24.8 Å². The average Bonchev–Trinajstić information content (AvgIpc) is 2.60. The first-order valence-electron chi connectivity index (χ1n) is 8.89. The highest BCUT2D eigenvalue weighted by Gasteiger charge is 2.32. The molecule has 1 aliphatic rings. The molecule has 2 aromatic rings. The molecule has 5 heteroatoms. The zero-order valence-corrected chi connectivity index (χ0v) is 15.9. The molecule has 27 heavy (non-hydrogen) atoms. The van der Waals surface area contributed by atoms with Gasteiger partial charge in [-0.1, -0.05) is 24.3 Å². The second-order valence-electron chi connectivity index (χ2n) is 7.29. The van der Waals surface area contributed by atoms with Crippen LogP contribution in [0, 0.1) is 0 Å². The number of benzene rings is 2. The number of aromatic carboxylic acids is 1. The molecular formula is C22H23NO4. The number of hydrogen-bond donors (Lipinski definition) is 2. The first-order valence-corrected chi connectivity index (χ1v) is 8.89. The predicted octanol–water partition coefficient (Wildman–Crippen LogP) is 4.34. The van der Waals surface area contributed by atoms with Crippen LogP contribution in [0.2, 0.25) is 0 Å². The van der Waals surface area contributed by atoms with Gasteiger partial charge < -0.3 is 15.1 Å². The first kappa shape index (κ1) is 18.7. The molecule has 0 saturated heterocycles. The molecule has 140 valence electrons. The van der Waals surface area contributed by atoms with Crippen LogP contribution in [0.4, 0.5) is 5.69 Å². The summed E-state index contributed by atoms with van der Waals surface area (Å²) in [5.74, 6) is -1.83. The fraction of sp³-hybridized carbons (Fsp3) is 0.273. The number of fused-ring (bicyclic) bond motifs is 1. The molecule has 0 aliphatic carbocycles. The van der Waals surface area contributed by atoms with Crippen LogP contribution >= 0.6 is 0 Å². The fourth-order valence-electron chi connectivity index (χ4n) is 3.88. The van der Waals surface area contributed by atoms with E-state index in [4.69, 9.17) is 0 Å². The molecule has 0 atom stereocenters. The van der Waals surface area contributed by atoms with Crippen molar-refractivity contribution < 1.29 is 19.8 Å². The van der Waals surface area contributed by atoms with Crippen LogP contribution in [0.1, 0.15) is 59.5 Å². The maximum absolute atomic E-state index is 13.0. The van der Waals surface area contributed by atoms with E-state index in [9.17, 15) is 19.8 Å². The zero-order chi connectivity index (χ0) is 19.9. The first-order chi connectivity index (χ1) is 12.7. The molecule has 1 aliphatic heterocycles. The lowest BCUT2D eigenvalue weighted by Crippen LogP contribution is -2.44. The third kappa shape index (κ3) is 3.10. The van der Waals surface area contributed by atoms with Crippen molar-refractivity contribution in [3.8, 4) is 5.75 Å². The second kappa shape index (κ2) is 6.58. The number of phenols is 1. The highest BCUT2D eigenvalue weighted by Crippen LogP contribution is 2.42. The number of aromatic hydroxyl groups is 1. The number of anilines is 1. The molecule has 0 saturated carbocycles. The number of rotatable bonds is 4. The summed E-state index contributed by atoms with van der Waals surface area (Å²) < 4.78 is 0. The van der Waals surface area contributed by atoms with Gasteiger partial charge in [-0.15, -0.1) is 0 Å². The number of nitrogens with zero attached hydrogens (tertiary/aromatic N) is 1. The Morgan fingerprint density at radius 1 is 1.07 bits per heavy atom. The van der Waals surface area contributed by atoms with Crippen molar-refractivity contribution in [2.75, 3.05) is 11.4 Å². The van der Waals surface area contributed by atoms with E-state index in [1.165, 1.54) is 12.1 Å². The summed E-state index contributed by atoms with van der Waals surface area (Å²) in [4.78, 5) is 26.6. The summed E-state index contributed by atoms with van der Waals surface area (Å²) in [6.07, 6.45) is 2.13. The number of carbonyl (C=O) groups is 2. The smallest absolute Gasteiger partial charge is 0.336 e. The van der Waals surface area contributed by atoms with Crippen molar-refractivity contribution >= 4 is 23.0 Å². The van der Waals surface area contributed by atoms with E-state index in [0.717, 1.165) is 23.4 Å². The summed E-state index contributed by atoms with van der Waals surface area (Å²) in [6, 6.07) is 9.30. The number of likely N-dealkylation sites (N-methyl/N-ethyl adjacent to an activating group) is 1. The van der Waals surface area contributed by atoms with Crippen LogP contribution in [0.5, 0.6) is 5.75 Å². The topological polar surface area (TPSA) is 77.8 Å². The second-order valence-corrected chi connectivity index (χ2v) is 7.29. The Morgan fingerprint density at radius 2 is 1.70 bits per heavy atom. The minimum atomic E-state index is -1.17. The van der Waals surface area contributed by atoms with Gasteiger partial charge in [0.1, 0.15) is 5.75 Å². The number of carboxylic acid groups (broad SMARTS) is 1. The predicted molar refractivity (Wildman–Crippen MR) is 106 cm³/mol. The Bertz CT molecular complexity index is 972. The van der Waals surface area contributed by atoms with Crippen LogP contribution < -0.4 is 4.90 Å². The van der Waals surface area contributed by atoms with Crippen LogP contribution in [0.25, 0.3) is 5.57 Å². The van der Waals surface area contributed by atoms with E-state index in [1.54, 1.807) is 24.3 Å². The van der Waals surface area contributed by atoms with E-state index >= 15 is 0 Å². The Morgan fingerprint density at radius 3 is 2.30 bits per heavy atom. The summed E-state index contributed by atoms with van der Waals surface area (Å²) in [7, 11) is 0. The highest BCUT2D eigenvalue weighted by molar-refractivity contribution is 6.16. The number of ketones is 1. The SMILES string of the molecule is CCN1c2cc(O)c(C(=O)c3ccccc3C(=O)O)cc2C(C)=CC1(C)C. The largest absolute Gasteiger partial charge is 0.507 e. The van der Waals surface area contributed by atoms with E-state index in [-0.39, 0.29) is 28.0 Å². The Kier molecular flexibility index (Phi) is 4.56. The van der Waals surface area contributed by atoms with Gasteiger partial charge in [0.25, 0.3) is 0 Å². The molecule has 0 aromatic heterocycles. The average molecular weight is 365 g/mol. The lowest BCUT2D eigenvalue weighted by Gasteiger charge is -2.43. The summed E-state index contributed by atoms with van der Waals surface area (Å²) >= 11 is 0. The number of allylic oxidation sites excluding steroid dienone is 1. The normalized spacial score (nSPS) is 15.1. The van der Waals surface area contributed by atoms with Gasteiger partial charge in [-0.05, 0) is 45.4 Å². The molecule has 2 N–H and O–H groups in total. The molecule has 2 aromatic carbocycles. The highest BCUT2D eigenvalue weighted by atomic mass is 16.4. The number of phenolic OH excluding ortho intramolecular Hbond substituents is 1. The fourth-order valence-corrected chi connectivity index (χ4v) is 3.88. The minimum Gasteiger partial charge on any atom is -0.507 e. The Balaban J connectivity index is 2.17. The quantitative estimate of drug-likeness (QED) is 0.788. The standard InChI is InChI=1S/C22H23NO4/c1-5-23-18-11-19(24)17(10-16(18)13(2)12-22(23,3)4)20(25)14-8-6-7-9-15(14)21(26)27/h6-12,24H,5H2,1-4H3,(H,26,27). The van der Waals surface area contributed by atoms with Crippen molar-refractivity contribution in [3.05, 3.63) is 64.7 Å². The van der Waals surface area contributed by atoms with Gasteiger partial charge in [0.05, 0.1) is 16.7 Å². The Labute approximate surface area is 158 Å². The molecule has 0 amide bonds. The van der Waals surface area contributed by atoms with Gasteiger partial charge in [-0.2, -0.15) is 0 Å². The molecule has 0 bridgehead atoms. The lowest BCUT2D eigenvalue weighted by atomic mass is 9.86. The van der Waals surface area contributed by atoms with Crippen molar-refractivity contribution in [1.29, 1.82) is 0 Å². The molecular weight excluding hydrogens is 342 g/mol. The molecule has 1 heterocycles.